The molecule has 2 aliphatic rings. The highest BCUT2D eigenvalue weighted by Crippen LogP contribution is 2.42. The van der Waals surface area contributed by atoms with E-state index in [-0.39, 0.29) is 0 Å². The van der Waals surface area contributed by atoms with Crippen LogP contribution in [-0.2, 0) is 0 Å². The minimum atomic E-state index is 0.508. The fraction of sp³-hybridized carbons (Fsp3) is 0.667. The van der Waals surface area contributed by atoms with E-state index in [0.29, 0.717) is 5.41 Å². The van der Waals surface area contributed by atoms with Crippen molar-refractivity contribution in [1.82, 2.24) is 5.32 Å². The Balaban J connectivity index is 1.55. The van der Waals surface area contributed by atoms with Crippen LogP contribution in [0.2, 0.25) is 0 Å². The van der Waals surface area contributed by atoms with E-state index in [0.717, 1.165) is 18.0 Å². The van der Waals surface area contributed by atoms with Crippen LogP contribution in [0.5, 0.6) is 0 Å². The van der Waals surface area contributed by atoms with E-state index < -0.39 is 0 Å². The molecule has 1 aromatic rings. The van der Waals surface area contributed by atoms with Crippen molar-refractivity contribution in [3.05, 3.63) is 35.4 Å². The maximum absolute atomic E-state index is 3.92. The van der Waals surface area contributed by atoms with E-state index in [1.54, 1.807) is 5.56 Å². The highest BCUT2D eigenvalue weighted by Gasteiger charge is 2.39. The molecule has 19 heavy (non-hydrogen) atoms. The molecule has 0 heterocycles. The summed E-state index contributed by atoms with van der Waals surface area (Å²) in [6.07, 6.45) is 6.82. The maximum atomic E-state index is 3.92. The molecule has 0 radical (unpaired) electrons. The first-order valence-corrected chi connectivity index (χ1v) is 7.88. The molecule has 3 rings (SSSR count). The van der Waals surface area contributed by atoms with Crippen LogP contribution in [0.1, 0.15) is 63.0 Å². The third-order valence-electron chi connectivity index (χ3n) is 5.46. The maximum Gasteiger partial charge on any atom is 0.0121 e. The highest BCUT2D eigenvalue weighted by molar-refractivity contribution is 5.31. The molecule has 104 valence electrons. The van der Waals surface area contributed by atoms with Gasteiger partial charge >= 0.3 is 0 Å². The van der Waals surface area contributed by atoms with Gasteiger partial charge in [0.25, 0.3) is 0 Å². The first-order chi connectivity index (χ1) is 9.06. The van der Waals surface area contributed by atoms with Crippen LogP contribution < -0.4 is 5.32 Å². The molecule has 2 aliphatic carbocycles. The molecule has 0 spiro atoms. The normalized spacial score (nSPS) is 33.1. The number of hydrogen-bond donors (Lipinski definition) is 1. The quantitative estimate of drug-likeness (QED) is 0.845. The van der Waals surface area contributed by atoms with Crippen molar-refractivity contribution >= 4 is 0 Å². The van der Waals surface area contributed by atoms with Gasteiger partial charge < -0.3 is 5.32 Å². The largest absolute Gasteiger partial charge is 0.311 e. The van der Waals surface area contributed by atoms with E-state index in [4.69, 9.17) is 0 Å². The molecule has 0 amide bonds. The van der Waals surface area contributed by atoms with E-state index >= 15 is 0 Å². The summed E-state index contributed by atoms with van der Waals surface area (Å²) in [6, 6.07) is 10.4. The number of benzene rings is 1. The number of rotatable bonds is 3. The van der Waals surface area contributed by atoms with Crippen LogP contribution in [0.15, 0.2) is 24.3 Å². The summed E-state index contributed by atoms with van der Waals surface area (Å²) in [6.45, 7) is 7.10. The minimum absolute atomic E-state index is 0.508. The molecule has 1 N–H and O–H groups in total. The summed E-state index contributed by atoms with van der Waals surface area (Å²) in [5, 5.41) is 3.92. The molecule has 0 bridgehead atoms. The van der Waals surface area contributed by atoms with Crippen LogP contribution in [0, 0.1) is 12.3 Å². The highest BCUT2D eigenvalue weighted by atomic mass is 15.0. The number of hydrogen-bond acceptors (Lipinski definition) is 1. The van der Waals surface area contributed by atoms with Gasteiger partial charge in [-0.05, 0) is 55.1 Å². The molecule has 0 aromatic heterocycles. The molecule has 2 fully saturated rings. The molecule has 1 nitrogen and oxygen atoms in total. The van der Waals surface area contributed by atoms with Gasteiger partial charge in [0.05, 0.1) is 0 Å². The summed E-state index contributed by atoms with van der Waals surface area (Å²) in [7, 11) is 0. The molecule has 1 unspecified atom stereocenters. The fourth-order valence-corrected chi connectivity index (χ4v) is 3.97. The monoisotopic (exact) mass is 257 g/mol. The van der Waals surface area contributed by atoms with Gasteiger partial charge in [0.2, 0.25) is 0 Å². The summed E-state index contributed by atoms with van der Waals surface area (Å²) in [4.78, 5) is 0. The Morgan fingerprint density at radius 1 is 1.16 bits per heavy atom. The van der Waals surface area contributed by atoms with Gasteiger partial charge in [0.1, 0.15) is 0 Å². The van der Waals surface area contributed by atoms with E-state index in [2.05, 4.69) is 50.4 Å². The van der Waals surface area contributed by atoms with Gasteiger partial charge in [-0.25, -0.2) is 0 Å². The second-order valence-electron chi connectivity index (χ2n) is 7.32. The third-order valence-corrected chi connectivity index (χ3v) is 5.46. The molecular formula is C18H27N. The van der Waals surface area contributed by atoms with Crippen LogP contribution in [0.3, 0.4) is 0 Å². The Bertz CT molecular complexity index is 443. The van der Waals surface area contributed by atoms with E-state index in [9.17, 15) is 0 Å². The predicted molar refractivity (Wildman–Crippen MR) is 81.5 cm³/mol. The van der Waals surface area contributed by atoms with Crippen molar-refractivity contribution in [3.8, 4) is 0 Å². The second-order valence-corrected chi connectivity index (χ2v) is 7.32. The number of nitrogens with one attached hydrogen (secondary N) is 1. The van der Waals surface area contributed by atoms with Gasteiger partial charge in [0, 0.05) is 12.1 Å². The average Bonchev–Trinajstić information content (AvgIpc) is 2.64. The Morgan fingerprint density at radius 2 is 1.89 bits per heavy atom. The van der Waals surface area contributed by atoms with Crippen LogP contribution in [0.4, 0.5) is 0 Å². The molecule has 0 aliphatic heterocycles. The smallest absolute Gasteiger partial charge is 0.0121 e. The van der Waals surface area contributed by atoms with Crippen LogP contribution >= 0.6 is 0 Å². The van der Waals surface area contributed by atoms with Crippen molar-refractivity contribution in [1.29, 1.82) is 0 Å². The van der Waals surface area contributed by atoms with Crippen molar-refractivity contribution in [3.63, 3.8) is 0 Å². The topological polar surface area (TPSA) is 12.0 Å². The zero-order chi connectivity index (χ0) is 13.5. The molecule has 2 saturated carbocycles. The molecule has 1 aromatic carbocycles. The van der Waals surface area contributed by atoms with Gasteiger partial charge in [-0.3, -0.25) is 0 Å². The Labute approximate surface area is 117 Å². The lowest BCUT2D eigenvalue weighted by Crippen LogP contribution is -2.49. The molecule has 1 atom stereocenters. The molecular weight excluding hydrogens is 230 g/mol. The molecule has 0 saturated heterocycles. The Morgan fingerprint density at radius 3 is 2.53 bits per heavy atom. The van der Waals surface area contributed by atoms with Crippen molar-refractivity contribution < 1.29 is 0 Å². The second kappa shape index (κ2) is 4.94. The predicted octanol–water partition coefficient (Wildman–Crippen LogP) is 4.41. The van der Waals surface area contributed by atoms with Crippen molar-refractivity contribution in [2.75, 3.05) is 0 Å². The number of aryl methyl sites for hydroxylation is 1. The summed E-state index contributed by atoms with van der Waals surface area (Å²) >= 11 is 0. The van der Waals surface area contributed by atoms with Crippen molar-refractivity contribution in [2.45, 2.75) is 70.9 Å². The van der Waals surface area contributed by atoms with Gasteiger partial charge in [-0.15, -0.1) is 0 Å². The summed E-state index contributed by atoms with van der Waals surface area (Å²) in [5.74, 6) is 0.795. The SMILES string of the molecule is Cc1ccccc1C1CC(NC2CCCC2(C)C)C1. The van der Waals surface area contributed by atoms with Gasteiger partial charge in [-0.2, -0.15) is 0 Å². The van der Waals surface area contributed by atoms with Crippen molar-refractivity contribution in [2.24, 2.45) is 5.41 Å². The molecule has 1 heteroatoms. The first kappa shape index (κ1) is 13.2. The Hall–Kier alpha value is -0.820. The lowest BCUT2D eigenvalue weighted by molar-refractivity contribution is 0.202. The first-order valence-electron chi connectivity index (χ1n) is 7.88. The van der Waals surface area contributed by atoms with Gasteiger partial charge in [-0.1, -0.05) is 44.5 Å². The summed E-state index contributed by atoms with van der Waals surface area (Å²) < 4.78 is 0. The van der Waals surface area contributed by atoms with Gasteiger partial charge in [0.15, 0.2) is 0 Å². The van der Waals surface area contributed by atoms with E-state index in [1.165, 1.54) is 37.7 Å². The standard InChI is InChI=1S/C18H27N/c1-13-7-4-5-8-16(13)14-11-15(12-14)19-17-9-6-10-18(17,2)3/h4-5,7-8,14-15,17,19H,6,9-12H2,1-3H3. The summed E-state index contributed by atoms with van der Waals surface area (Å²) in [5.41, 5.74) is 3.55. The van der Waals surface area contributed by atoms with Crippen LogP contribution in [0.25, 0.3) is 0 Å². The zero-order valence-electron chi connectivity index (χ0n) is 12.6. The minimum Gasteiger partial charge on any atom is -0.311 e. The lowest BCUT2D eigenvalue weighted by Gasteiger charge is -2.41. The zero-order valence-corrected chi connectivity index (χ0v) is 12.6. The lowest BCUT2D eigenvalue weighted by atomic mass is 9.73. The third kappa shape index (κ3) is 2.58. The fourth-order valence-electron chi connectivity index (χ4n) is 3.97. The average molecular weight is 257 g/mol. The van der Waals surface area contributed by atoms with E-state index in [1.807, 2.05) is 0 Å². The Kier molecular flexibility index (Phi) is 3.42. The van der Waals surface area contributed by atoms with Crippen LogP contribution in [-0.4, -0.2) is 12.1 Å².